The number of pyridine rings is 1. The van der Waals surface area contributed by atoms with Crippen LogP contribution in [0.1, 0.15) is 12.5 Å². The first kappa shape index (κ1) is 9.99. The average Bonchev–Trinajstić information content (AvgIpc) is 2.17. The van der Waals surface area contributed by atoms with Crippen LogP contribution in [-0.2, 0) is 0 Å². The molecule has 1 atom stereocenters. The average molecular weight is 180 g/mol. The van der Waals surface area contributed by atoms with E-state index in [2.05, 4.69) is 4.98 Å². The molecule has 0 aliphatic heterocycles. The Morgan fingerprint density at radius 2 is 2.23 bits per heavy atom. The fourth-order valence-electron chi connectivity index (χ4n) is 1.02. The summed E-state index contributed by atoms with van der Waals surface area (Å²) in [5.41, 5.74) is 1.15. The van der Waals surface area contributed by atoms with Gasteiger partial charge in [-0.3, -0.25) is 0 Å². The molecule has 1 aromatic heterocycles. The number of hydrogen-bond donors (Lipinski definition) is 1. The van der Waals surface area contributed by atoms with Gasteiger partial charge in [0.2, 0.25) is 0 Å². The standard InChI is InChI=1S/C10H16N2O/c1-8-4-5-10(11-6-8)12(3)9(2)7-13/h4-6,9,13H,7H2,1-3H3/t9-/m1/s1. The van der Waals surface area contributed by atoms with Crippen molar-refractivity contribution in [2.75, 3.05) is 18.6 Å². The van der Waals surface area contributed by atoms with E-state index in [9.17, 15) is 0 Å². The van der Waals surface area contributed by atoms with E-state index in [-0.39, 0.29) is 12.6 Å². The van der Waals surface area contributed by atoms with Crippen LogP contribution in [0.15, 0.2) is 18.3 Å². The number of rotatable bonds is 3. The Bertz CT molecular complexity index is 258. The lowest BCUT2D eigenvalue weighted by Crippen LogP contribution is -2.32. The topological polar surface area (TPSA) is 36.4 Å². The zero-order valence-electron chi connectivity index (χ0n) is 8.36. The molecule has 0 saturated carbocycles. The molecule has 3 heteroatoms. The molecule has 1 aromatic rings. The van der Waals surface area contributed by atoms with Gasteiger partial charge in [0.1, 0.15) is 5.82 Å². The van der Waals surface area contributed by atoms with Gasteiger partial charge in [0.15, 0.2) is 0 Å². The molecule has 0 spiro atoms. The lowest BCUT2D eigenvalue weighted by Gasteiger charge is -2.24. The first-order valence-corrected chi connectivity index (χ1v) is 4.41. The number of aliphatic hydroxyl groups is 1. The Kier molecular flexibility index (Phi) is 3.25. The molecule has 0 unspecified atom stereocenters. The molecule has 0 aliphatic rings. The number of nitrogens with zero attached hydrogens (tertiary/aromatic N) is 2. The smallest absolute Gasteiger partial charge is 0.128 e. The minimum absolute atomic E-state index is 0.107. The highest BCUT2D eigenvalue weighted by atomic mass is 16.3. The minimum Gasteiger partial charge on any atom is -0.394 e. The van der Waals surface area contributed by atoms with Crippen LogP contribution in [0, 0.1) is 6.92 Å². The van der Waals surface area contributed by atoms with Crippen molar-refractivity contribution in [1.82, 2.24) is 4.98 Å². The normalized spacial score (nSPS) is 12.6. The van der Waals surface area contributed by atoms with Crippen LogP contribution in [0.3, 0.4) is 0 Å². The van der Waals surface area contributed by atoms with Gasteiger partial charge in [0.05, 0.1) is 12.6 Å². The number of aryl methyl sites for hydroxylation is 1. The molecule has 1 N–H and O–H groups in total. The molecule has 1 rings (SSSR count). The molecule has 72 valence electrons. The highest BCUT2D eigenvalue weighted by molar-refractivity contribution is 5.39. The number of aromatic nitrogens is 1. The predicted molar refractivity (Wildman–Crippen MR) is 53.9 cm³/mol. The summed E-state index contributed by atoms with van der Waals surface area (Å²) in [5.74, 6) is 0.896. The van der Waals surface area contributed by atoms with Crippen LogP contribution >= 0.6 is 0 Å². The van der Waals surface area contributed by atoms with E-state index >= 15 is 0 Å². The molecular weight excluding hydrogens is 164 g/mol. The first-order chi connectivity index (χ1) is 6.15. The molecule has 1 heterocycles. The van der Waals surface area contributed by atoms with Crippen molar-refractivity contribution in [3.63, 3.8) is 0 Å². The third-order valence-corrected chi connectivity index (χ3v) is 2.18. The Hall–Kier alpha value is -1.09. The zero-order valence-corrected chi connectivity index (χ0v) is 8.36. The number of anilines is 1. The largest absolute Gasteiger partial charge is 0.394 e. The molecule has 0 amide bonds. The maximum atomic E-state index is 8.95. The summed E-state index contributed by atoms with van der Waals surface area (Å²) in [6.07, 6.45) is 1.83. The molecule has 0 aromatic carbocycles. The summed E-state index contributed by atoms with van der Waals surface area (Å²) in [6, 6.07) is 4.08. The second-order valence-corrected chi connectivity index (χ2v) is 3.34. The summed E-state index contributed by atoms with van der Waals surface area (Å²) in [6.45, 7) is 4.11. The molecular formula is C10H16N2O. The summed E-state index contributed by atoms with van der Waals surface area (Å²) in [5, 5.41) is 8.95. The quantitative estimate of drug-likeness (QED) is 0.759. The summed E-state index contributed by atoms with van der Waals surface area (Å²) >= 11 is 0. The minimum atomic E-state index is 0.107. The lowest BCUT2D eigenvalue weighted by atomic mass is 10.3. The van der Waals surface area contributed by atoms with Crippen molar-refractivity contribution >= 4 is 5.82 Å². The van der Waals surface area contributed by atoms with Crippen LogP contribution in [0.25, 0.3) is 0 Å². The van der Waals surface area contributed by atoms with E-state index in [1.54, 1.807) is 0 Å². The van der Waals surface area contributed by atoms with Crippen molar-refractivity contribution in [3.05, 3.63) is 23.9 Å². The number of hydrogen-bond acceptors (Lipinski definition) is 3. The van der Waals surface area contributed by atoms with E-state index in [4.69, 9.17) is 5.11 Å². The van der Waals surface area contributed by atoms with Gasteiger partial charge in [-0.1, -0.05) is 6.07 Å². The van der Waals surface area contributed by atoms with Crippen LogP contribution in [-0.4, -0.2) is 29.8 Å². The summed E-state index contributed by atoms with van der Waals surface area (Å²) in [4.78, 5) is 6.22. The molecule has 0 fully saturated rings. The van der Waals surface area contributed by atoms with E-state index in [0.717, 1.165) is 11.4 Å². The van der Waals surface area contributed by atoms with Gasteiger partial charge in [0.25, 0.3) is 0 Å². The summed E-state index contributed by atoms with van der Waals surface area (Å²) < 4.78 is 0. The van der Waals surface area contributed by atoms with E-state index in [1.165, 1.54) is 0 Å². The second-order valence-electron chi connectivity index (χ2n) is 3.34. The Morgan fingerprint density at radius 1 is 1.54 bits per heavy atom. The molecule has 13 heavy (non-hydrogen) atoms. The highest BCUT2D eigenvalue weighted by Gasteiger charge is 2.08. The van der Waals surface area contributed by atoms with Crippen LogP contribution in [0.2, 0.25) is 0 Å². The number of aliphatic hydroxyl groups excluding tert-OH is 1. The van der Waals surface area contributed by atoms with E-state index in [0.29, 0.717) is 0 Å². The van der Waals surface area contributed by atoms with Gasteiger partial charge in [-0.2, -0.15) is 0 Å². The highest BCUT2D eigenvalue weighted by Crippen LogP contribution is 2.11. The van der Waals surface area contributed by atoms with Crippen molar-refractivity contribution in [3.8, 4) is 0 Å². The molecule has 0 aliphatic carbocycles. The molecule has 0 saturated heterocycles. The maximum absolute atomic E-state index is 8.95. The Labute approximate surface area is 79.0 Å². The van der Waals surface area contributed by atoms with Gasteiger partial charge >= 0.3 is 0 Å². The van der Waals surface area contributed by atoms with Gasteiger partial charge in [-0.15, -0.1) is 0 Å². The molecule has 0 bridgehead atoms. The third-order valence-electron chi connectivity index (χ3n) is 2.18. The Balaban J connectivity index is 2.77. The van der Waals surface area contributed by atoms with Gasteiger partial charge < -0.3 is 10.0 Å². The Morgan fingerprint density at radius 3 is 2.69 bits per heavy atom. The fourth-order valence-corrected chi connectivity index (χ4v) is 1.02. The van der Waals surface area contributed by atoms with Crippen LogP contribution in [0.5, 0.6) is 0 Å². The molecule has 3 nitrogen and oxygen atoms in total. The van der Waals surface area contributed by atoms with Crippen molar-refractivity contribution < 1.29 is 5.11 Å². The van der Waals surface area contributed by atoms with E-state index in [1.807, 2.05) is 44.1 Å². The molecule has 0 radical (unpaired) electrons. The summed E-state index contributed by atoms with van der Waals surface area (Å²) in [7, 11) is 1.93. The number of likely N-dealkylation sites (N-methyl/N-ethyl adjacent to an activating group) is 1. The van der Waals surface area contributed by atoms with Crippen LogP contribution in [0.4, 0.5) is 5.82 Å². The second kappa shape index (κ2) is 4.23. The third kappa shape index (κ3) is 2.42. The monoisotopic (exact) mass is 180 g/mol. The van der Waals surface area contributed by atoms with Crippen molar-refractivity contribution in [2.45, 2.75) is 19.9 Å². The fraction of sp³-hybridized carbons (Fsp3) is 0.500. The SMILES string of the molecule is Cc1ccc(N(C)[C@H](C)CO)nc1. The van der Waals surface area contributed by atoms with Crippen molar-refractivity contribution in [1.29, 1.82) is 0 Å². The van der Waals surface area contributed by atoms with Gasteiger partial charge in [0, 0.05) is 13.2 Å². The maximum Gasteiger partial charge on any atom is 0.128 e. The van der Waals surface area contributed by atoms with E-state index < -0.39 is 0 Å². The van der Waals surface area contributed by atoms with Gasteiger partial charge in [-0.25, -0.2) is 4.98 Å². The lowest BCUT2D eigenvalue weighted by molar-refractivity contribution is 0.270. The predicted octanol–water partition coefficient (Wildman–Crippen LogP) is 1.21. The first-order valence-electron chi connectivity index (χ1n) is 4.41. The van der Waals surface area contributed by atoms with Gasteiger partial charge in [-0.05, 0) is 25.5 Å². The van der Waals surface area contributed by atoms with Crippen LogP contribution < -0.4 is 4.90 Å². The van der Waals surface area contributed by atoms with Crippen molar-refractivity contribution in [2.24, 2.45) is 0 Å². The zero-order chi connectivity index (χ0) is 9.84.